The van der Waals surface area contributed by atoms with Crippen LogP contribution < -0.4 is 0 Å². The third kappa shape index (κ3) is 3.22. The first-order valence-corrected chi connectivity index (χ1v) is 10.3. The van der Waals surface area contributed by atoms with Gasteiger partial charge in [-0.1, -0.05) is 23.7 Å². The molecular weight excluding hydrogens is 374 g/mol. The molecular formula is C22H20ClN3S. The van der Waals surface area contributed by atoms with Gasteiger partial charge in [-0.15, -0.1) is 11.3 Å². The maximum atomic E-state index is 9.61. The summed E-state index contributed by atoms with van der Waals surface area (Å²) < 4.78 is 2.15. The van der Waals surface area contributed by atoms with Gasteiger partial charge in [0.1, 0.15) is 11.1 Å². The minimum absolute atomic E-state index is 0.723. The third-order valence-electron chi connectivity index (χ3n) is 5.15. The SMILES string of the molecule is Cc1cc(C=Nc2sc3c(c2C#N)CCCC3)c(C)n1-c1ccccc1Cl. The predicted octanol–water partition coefficient (Wildman–Crippen LogP) is 6.31. The molecule has 0 saturated carbocycles. The van der Waals surface area contributed by atoms with E-state index in [-0.39, 0.29) is 0 Å². The number of fused-ring (bicyclic) bond motifs is 1. The molecule has 4 rings (SSSR count). The minimum atomic E-state index is 0.723. The number of thiophene rings is 1. The number of aromatic nitrogens is 1. The van der Waals surface area contributed by atoms with Crippen LogP contribution in [0.5, 0.6) is 0 Å². The van der Waals surface area contributed by atoms with Crippen molar-refractivity contribution in [1.29, 1.82) is 5.26 Å². The van der Waals surface area contributed by atoms with Crippen molar-refractivity contribution in [1.82, 2.24) is 4.57 Å². The van der Waals surface area contributed by atoms with Gasteiger partial charge >= 0.3 is 0 Å². The van der Waals surface area contributed by atoms with Crippen LogP contribution in [0.15, 0.2) is 35.3 Å². The van der Waals surface area contributed by atoms with Crippen molar-refractivity contribution < 1.29 is 0 Å². The van der Waals surface area contributed by atoms with Gasteiger partial charge in [-0.2, -0.15) is 5.26 Å². The summed E-state index contributed by atoms with van der Waals surface area (Å²) in [5.74, 6) is 0. The monoisotopic (exact) mass is 393 g/mol. The smallest absolute Gasteiger partial charge is 0.134 e. The maximum absolute atomic E-state index is 9.61. The molecule has 136 valence electrons. The average Bonchev–Trinajstić information content (AvgIpc) is 3.17. The van der Waals surface area contributed by atoms with Crippen LogP contribution in [0.2, 0.25) is 5.02 Å². The molecule has 0 aliphatic heterocycles. The number of benzene rings is 1. The van der Waals surface area contributed by atoms with Crippen molar-refractivity contribution in [2.75, 3.05) is 0 Å². The van der Waals surface area contributed by atoms with Crippen LogP contribution >= 0.6 is 22.9 Å². The van der Waals surface area contributed by atoms with Crippen LogP contribution in [-0.4, -0.2) is 10.8 Å². The van der Waals surface area contributed by atoms with Gasteiger partial charge in [-0.3, -0.25) is 0 Å². The van der Waals surface area contributed by atoms with Gasteiger partial charge in [-0.25, -0.2) is 4.99 Å². The van der Waals surface area contributed by atoms with Gasteiger partial charge < -0.3 is 4.57 Å². The second-order valence-electron chi connectivity index (χ2n) is 6.87. The molecule has 3 aromatic rings. The predicted molar refractivity (Wildman–Crippen MR) is 113 cm³/mol. The van der Waals surface area contributed by atoms with E-state index in [0.717, 1.165) is 51.1 Å². The first-order valence-electron chi connectivity index (χ1n) is 9.12. The average molecular weight is 394 g/mol. The number of aryl methyl sites for hydroxylation is 2. The van der Waals surface area contributed by atoms with E-state index in [1.165, 1.54) is 23.3 Å². The number of hydrogen-bond acceptors (Lipinski definition) is 3. The first-order chi connectivity index (χ1) is 13.1. The van der Waals surface area contributed by atoms with Crippen LogP contribution in [0.3, 0.4) is 0 Å². The highest BCUT2D eigenvalue weighted by Crippen LogP contribution is 2.39. The van der Waals surface area contributed by atoms with E-state index < -0.39 is 0 Å². The molecule has 0 amide bonds. The Bertz CT molecular complexity index is 1080. The highest BCUT2D eigenvalue weighted by molar-refractivity contribution is 7.16. The summed E-state index contributed by atoms with van der Waals surface area (Å²) in [6.45, 7) is 4.14. The van der Waals surface area contributed by atoms with Crippen LogP contribution in [0.4, 0.5) is 5.00 Å². The molecule has 0 spiro atoms. The van der Waals surface area contributed by atoms with E-state index in [4.69, 9.17) is 16.6 Å². The standard InChI is InChI=1S/C22H20ClN3S/c1-14-11-16(15(2)26(14)20-9-5-4-8-19(20)23)13-25-22-18(12-24)17-7-3-6-10-21(17)27-22/h4-5,8-9,11,13H,3,6-7,10H2,1-2H3. The van der Waals surface area contributed by atoms with Crippen molar-refractivity contribution in [2.45, 2.75) is 39.5 Å². The number of para-hydroxylation sites is 1. The van der Waals surface area contributed by atoms with Crippen molar-refractivity contribution in [3.8, 4) is 11.8 Å². The van der Waals surface area contributed by atoms with E-state index >= 15 is 0 Å². The number of nitrogens with zero attached hydrogens (tertiary/aromatic N) is 3. The Morgan fingerprint density at radius 2 is 2.00 bits per heavy atom. The van der Waals surface area contributed by atoms with Crippen molar-refractivity contribution in [2.24, 2.45) is 4.99 Å². The third-order valence-corrected chi connectivity index (χ3v) is 6.67. The summed E-state index contributed by atoms with van der Waals surface area (Å²) in [5.41, 5.74) is 6.20. The van der Waals surface area contributed by atoms with Gasteiger partial charge in [0.25, 0.3) is 0 Å². The quantitative estimate of drug-likeness (QED) is 0.480. The summed E-state index contributed by atoms with van der Waals surface area (Å²) in [5, 5.41) is 11.2. The molecule has 27 heavy (non-hydrogen) atoms. The van der Waals surface area contributed by atoms with E-state index in [2.05, 4.69) is 30.6 Å². The lowest BCUT2D eigenvalue weighted by Gasteiger charge is -2.11. The van der Waals surface area contributed by atoms with E-state index in [1.54, 1.807) is 11.3 Å². The molecule has 0 bridgehead atoms. The summed E-state index contributed by atoms with van der Waals surface area (Å²) in [6, 6.07) is 12.3. The van der Waals surface area contributed by atoms with Crippen molar-refractivity contribution in [3.63, 3.8) is 0 Å². The molecule has 5 heteroatoms. The molecule has 0 atom stereocenters. The fraction of sp³-hybridized carbons (Fsp3) is 0.273. The Morgan fingerprint density at radius 1 is 1.22 bits per heavy atom. The number of halogens is 1. The Morgan fingerprint density at radius 3 is 2.78 bits per heavy atom. The van der Waals surface area contributed by atoms with Gasteiger partial charge in [-0.05, 0) is 63.3 Å². The Labute approximate surface area is 168 Å². The molecule has 0 fully saturated rings. The lowest BCUT2D eigenvalue weighted by molar-refractivity contribution is 0.696. The number of nitriles is 1. The van der Waals surface area contributed by atoms with Crippen LogP contribution in [0, 0.1) is 25.2 Å². The van der Waals surface area contributed by atoms with E-state index in [1.807, 2.05) is 30.5 Å². The molecule has 3 nitrogen and oxygen atoms in total. The zero-order valence-electron chi connectivity index (χ0n) is 15.4. The van der Waals surface area contributed by atoms with Crippen molar-refractivity contribution in [3.05, 3.63) is 68.3 Å². The fourth-order valence-electron chi connectivity index (χ4n) is 3.81. The van der Waals surface area contributed by atoms with Crippen LogP contribution in [0.25, 0.3) is 5.69 Å². The largest absolute Gasteiger partial charge is 0.316 e. The Balaban J connectivity index is 1.73. The molecule has 0 saturated heterocycles. The first kappa shape index (κ1) is 18.0. The van der Waals surface area contributed by atoms with Gasteiger partial charge in [0.05, 0.1) is 16.3 Å². The van der Waals surface area contributed by atoms with Crippen LogP contribution in [0.1, 0.15) is 45.8 Å². The second kappa shape index (κ2) is 7.34. The summed E-state index contributed by atoms with van der Waals surface area (Å²) in [4.78, 5) is 6.05. The molecule has 2 aromatic heterocycles. The molecule has 0 unspecified atom stereocenters. The van der Waals surface area contributed by atoms with Crippen LogP contribution in [-0.2, 0) is 12.8 Å². The number of aliphatic imine (C=N–C) groups is 1. The summed E-state index contributed by atoms with van der Waals surface area (Å²) in [6.07, 6.45) is 6.34. The molecule has 1 aliphatic rings. The molecule has 0 N–H and O–H groups in total. The molecule has 1 aromatic carbocycles. The fourth-order valence-corrected chi connectivity index (χ4v) is 5.21. The topological polar surface area (TPSA) is 41.1 Å². The molecule has 0 radical (unpaired) electrons. The minimum Gasteiger partial charge on any atom is -0.316 e. The van der Waals surface area contributed by atoms with Gasteiger partial charge in [0.2, 0.25) is 0 Å². The number of hydrogen-bond donors (Lipinski definition) is 0. The maximum Gasteiger partial charge on any atom is 0.134 e. The normalized spacial score (nSPS) is 13.7. The summed E-state index contributed by atoms with van der Waals surface area (Å²) in [7, 11) is 0. The Hall–Kier alpha value is -2.35. The highest BCUT2D eigenvalue weighted by Gasteiger charge is 2.20. The Kier molecular flexibility index (Phi) is 4.90. The zero-order valence-corrected chi connectivity index (χ0v) is 17.0. The van der Waals surface area contributed by atoms with Gasteiger partial charge in [0, 0.05) is 28.0 Å². The number of rotatable bonds is 3. The molecule has 1 aliphatic carbocycles. The summed E-state index contributed by atoms with van der Waals surface area (Å²) >= 11 is 8.07. The lowest BCUT2D eigenvalue weighted by Crippen LogP contribution is -2.00. The lowest BCUT2D eigenvalue weighted by atomic mass is 9.96. The van der Waals surface area contributed by atoms with E-state index in [0.29, 0.717) is 0 Å². The van der Waals surface area contributed by atoms with Gasteiger partial charge in [0.15, 0.2) is 0 Å². The van der Waals surface area contributed by atoms with Crippen molar-refractivity contribution >= 4 is 34.2 Å². The van der Waals surface area contributed by atoms with E-state index in [9.17, 15) is 5.26 Å². The second-order valence-corrected chi connectivity index (χ2v) is 8.37. The molecule has 2 heterocycles. The zero-order chi connectivity index (χ0) is 19.0. The highest BCUT2D eigenvalue weighted by atomic mass is 35.5.